The fourth-order valence-electron chi connectivity index (χ4n) is 1.58. The molecule has 0 radical (unpaired) electrons. The fourth-order valence-corrected chi connectivity index (χ4v) is 1.58. The van der Waals surface area contributed by atoms with Crippen molar-refractivity contribution in [3.8, 4) is 5.88 Å². The van der Waals surface area contributed by atoms with Gasteiger partial charge in [0.1, 0.15) is 0 Å². The molecule has 14 heavy (non-hydrogen) atoms. The second kappa shape index (κ2) is 4.24. The van der Waals surface area contributed by atoms with Gasteiger partial charge in [-0.1, -0.05) is 6.08 Å². The first-order valence-electron chi connectivity index (χ1n) is 4.80. The molecule has 1 aromatic heterocycles. The van der Waals surface area contributed by atoms with E-state index in [1.165, 1.54) is 11.1 Å². The third kappa shape index (κ3) is 1.93. The van der Waals surface area contributed by atoms with Crippen molar-refractivity contribution in [3.63, 3.8) is 0 Å². The highest BCUT2D eigenvalue weighted by molar-refractivity contribution is 5.66. The lowest BCUT2D eigenvalue weighted by atomic mass is 10.0. The molecule has 0 amide bonds. The Labute approximate surface area is 83.8 Å². The Bertz CT molecular complexity index is 330. The molecule has 3 heteroatoms. The smallest absolute Gasteiger partial charge is 0.212 e. The van der Waals surface area contributed by atoms with E-state index in [4.69, 9.17) is 4.74 Å². The van der Waals surface area contributed by atoms with E-state index in [2.05, 4.69) is 22.4 Å². The van der Waals surface area contributed by atoms with Crippen LogP contribution in [0.3, 0.4) is 0 Å². The molecule has 1 aromatic rings. The topological polar surface area (TPSA) is 34.1 Å². The molecule has 0 bridgehead atoms. The van der Waals surface area contributed by atoms with Crippen molar-refractivity contribution in [2.45, 2.75) is 6.42 Å². The Balaban J connectivity index is 2.19. The van der Waals surface area contributed by atoms with Gasteiger partial charge in [0.05, 0.1) is 7.11 Å². The highest BCUT2D eigenvalue weighted by Gasteiger charge is 2.05. The minimum absolute atomic E-state index is 0.670. The van der Waals surface area contributed by atoms with Crippen molar-refractivity contribution in [2.75, 3.05) is 20.2 Å². The summed E-state index contributed by atoms with van der Waals surface area (Å²) in [5.74, 6) is 0.670. The molecule has 0 aromatic carbocycles. The molecule has 0 unspecified atom stereocenters. The third-order valence-corrected chi connectivity index (χ3v) is 2.38. The van der Waals surface area contributed by atoms with Crippen LogP contribution in [-0.4, -0.2) is 25.2 Å². The van der Waals surface area contributed by atoms with Crippen molar-refractivity contribution in [1.29, 1.82) is 0 Å². The van der Waals surface area contributed by atoms with E-state index in [0.29, 0.717) is 5.88 Å². The van der Waals surface area contributed by atoms with Gasteiger partial charge in [0, 0.05) is 18.8 Å². The zero-order valence-corrected chi connectivity index (χ0v) is 8.29. The van der Waals surface area contributed by atoms with Crippen LogP contribution >= 0.6 is 0 Å². The van der Waals surface area contributed by atoms with Crippen LogP contribution in [0, 0.1) is 0 Å². The van der Waals surface area contributed by atoms with E-state index >= 15 is 0 Å². The van der Waals surface area contributed by atoms with E-state index in [1.807, 2.05) is 12.3 Å². The van der Waals surface area contributed by atoms with Crippen molar-refractivity contribution in [2.24, 2.45) is 0 Å². The maximum absolute atomic E-state index is 5.01. The molecule has 0 saturated carbocycles. The molecule has 0 spiro atoms. The van der Waals surface area contributed by atoms with Crippen LogP contribution in [0.4, 0.5) is 0 Å². The minimum Gasteiger partial charge on any atom is -0.481 e. The predicted octanol–water partition coefficient (Wildman–Crippen LogP) is 1.47. The van der Waals surface area contributed by atoms with E-state index in [1.54, 1.807) is 7.11 Å². The molecule has 0 atom stereocenters. The first kappa shape index (κ1) is 9.21. The number of nitrogens with zero attached hydrogens (tertiary/aromatic N) is 1. The second-order valence-corrected chi connectivity index (χ2v) is 3.27. The summed E-state index contributed by atoms with van der Waals surface area (Å²) in [6.45, 7) is 2.01. The van der Waals surface area contributed by atoms with Crippen LogP contribution in [0.25, 0.3) is 5.57 Å². The van der Waals surface area contributed by atoms with Crippen molar-refractivity contribution in [1.82, 2.24) is 10.3 Å². The summed E-state index contributed by atoms with van der Waals surface area (Å²) >= 11 is 0. The van der Waals surface area contributed by atoms with Gasteiger partial charge in [0.15, 0.2) is 0 Å². The molecular formula is C11H14N2O. The normalized spacial score (nSPS) is 16.2. The van der Waals surface area contributed by atoms with Gasteiger partial charge in [-0.2, -0.15) is 0 Å². The number of nitrogens with one attached hydrogen (secondary N) is 1. The lowest BCUT2D eigenvalue weighted by Crippen LogP contribution is -2.20. The van der Waals surface area contributed by atoms with E-state index in [0.717, 1.165) is 19.5 Å². The zero-order chi connectivity index (χ0) is 9.80. The van der Waals surface area contributed by atoms with Gasteiger partial charge in [0.2, 0.25) is 5.88 Å². The number of rotatable bonds is 2. The summed E-state index contributed by atoms with van der Waals surface area (Å²) in [4.78, 5) is 4.19. The lowest BCUT2D eigenvalue weighted by molar-refractivity contribution is 0.398. The molecule has 0 fully saturated rings. The first-order chi connectivity index (χ1) is 6.90. The maximum Gasteiger partial charge on any atom is 0.212 e. The van der Waals surface area contributed by atoms with Crippen LogP contribution < -0.4 is 10.1 Å². The largest absolute Gasteiger partial charge is 0.481 e. The number of ether oxygens (including phenoxy) is 1. The number of aromatic nitrogens is 1. The molecule has 2 rings (SSSR count). The number of methoxy groups -OCH3 is 1. The van der Waals surface area contributed by atoms with Gasteiger partial charge in [-0.25, -0.2) is 4.98 Å². The molecule has 1 aliphatic heterocycles. The van der Waals surface area contributed by atoms with Gasteiger partial charge in [-0.15, -0.1) is 0 Å². The Morgan fingerprint density at radius 2 is 2.36 bits per heavy atom. The Kier molecular flexibility index (Phi) is 2.79. The molecular weight excluding hydrogens is 176 g/mol. The number of hydrogen-bond donors (Lipinski definition) is 1. The van der Waals surface area contributed by atoms with Gasteiger partial charge in [0.25, 0.3) is 0 Å². The standard InChI is InChI=1S/C11H14N2O/c1-14-11-3-2-10(8-13-11)9-4-6-12-7-5-9/h2-4,8,12H,5-7H2,1H3. The van der Waals surface area contributed by atoms with E-state index in [-0.39, 0.29) is 0 Å². The molecule has 1 N–H and O–H groups in total. The average Bonchev–Trinajstić information content (AvgIpc) is 2.30. The van der Waals surface area contributed by atoms with Crippen molar-refractivity contribution >= 4 is 5.57 Å². The summed E-state index contributed by atoms with van der Waals surface area (Å²) in [5.41, 5.74) is 2.58. The third-order valence-electron chi connectivity index (χ3n) is 2.38. The zero-order valence-electron chi connectivity index (χ0n) is 8.29. The Hall–Kier alpha value is -1.35. The van der Waals surface area contributed by atoms with Gasteiger partial charge in [-0.3, -0.25) is 0 Å². The highest BCUT2D eigenvalue weighted by Crippen LogP contribution is 2.20. The predicted molar refractivity (Wildman–Crippen MR) is 56.3 cm³/mol. The summed E-state index contributed by atoms with van der Waals surface area (Å²) in [7, 11) is 1.63. The summed E-state index contributed by atoms with van der Waals surface area (Å²) < 4.78 is 5.01. The Morgan fingerprint density at radius 1 is 1.43 bits per heavy atom. The SMILES string of the molecule is COc1ccc(C2=CCNCC2)cn1. The van der Waals surface area contributed by atoms with Crippen LogP contribution in [0.15, 0.2) is 24.4 Å². The van der Waals surface area contributed by atoms with Crippen LogP contribution in [-0.2, 0) is 0 Å². The summed E-state index contributed by atoms with van der Waals surface area (Å²) in [6, 6.07) is 3.96. The Morgan fingerprint density at radius 3 is 2.93 bits per heavy atom. The molecule has 0 saturated heterocycles. The van der Waals surface area contributed by atoms with E-state index in [9.17, 15) is 0 Å². The minimum atomic E-state index is 0.670. The molecule has 1 aliphatic rings. The molecule has 0 aliphatic carbocycles. The number of pyridine rings is 1. The summed E-state index contributed by atoms with van der Waals surface area (Å²) in [6.07, 6.45) is 5.16. The first-order valence-corrected chi connectivity index (χ1v) is 4.80. The van der Waals surface area contributed by atoms with Gasteiger partial charge < -0.3 is 10.1 Å². The van der Waals surface area contributed by atoms with Gasteiger partial charge in [-0.05, 0) is 30.2 Å². The molecule has 3 nitrogen and oxygen atoms in total. The summed E-state index contributed by atoms with van der Waals surface area (Å²) in [5, 5.41) is 3.29. The van der Waals surface area contributed by atoms with E-state index < -0.39 is 0 Å². The highest BCUT2D eigenvalue weighted by atomic mass is 16.5. The molecule has 2 heterocycles. The lowest BCUT2D eigenvalue weighted by Gasteiger charge is -2.13. The van der Waals surface area contributed by atoms with Crippen LogP contribution in [0.5, 0.6) is 5.88 Å². The van der Waals surface area contributed by atoms with Crippen molar-refractivity contribution < 1.29 is 4.74 Å². The van der Waals surface area contributed by atoms with Crippen LogP contribution in [0.2, 0.25) is 0 Å². The average molecular weight is 190 g/mol. The fraction of sp³-hybridized carbons (Fsp3) is 0.364. The number of hydrogen-bond acceptors (Lipinski definition) is 3. The van der Waals surface area contributed by atoms with Crippen molar-refractivity contribution in [3.05, 3.63) is 30.0 Å². The van der Waals surface area contributed by atoms with Gasteiger partial charge >= 0.3 is 0 Å². The second-order valence-electron chi connectivity index (χ2n) is 3.27. The van der Waals surface area contributed by atoms with Crippen LogP contribution in [0.1, 0.15) is 12.0 Å². The monoisotopic (exact) mass is 190 g/mol. The molecule has 74 valence electrons. The maximum atomic E-state index is 5.01. The quantitative estimate of drug-likeness (QED) is 0.766.